The van der Waals surface area contributed by atoms with E-state index >= 15 is 0 Å². The Bertz CT molecular complexity index is 531. The SMILES string of the molecule is CCOC(=O)/C=C(C)/C=C/C[C@H](O)c1ccc(OCCO)cc1. The maximum absolute atomic E-state index is 11.3. The monoisotopic (exact) mass is 320 g/mol. The highest BCUT2D eigenvalue weighted by Crippen LogP contribution is 2.20. The minimum absolute atomic E-state index is 0.0339. The van der Waals surface area contributed by atoms with Crippen LogP contribution in [0.1, 0.15) is 31.9 Å². The predicted molar refractivity (Wildman–Crippen MR) is 88.1 cm³/mol. The molecule has 0 unspecified atom stereocenters. The summed E-state index contributed by atoms with van der Waals surface area (Å²) in [5.41, 5.74) is 1.54. The van der Waals surface area contributed by atoms with Crippen LogP contribution in [0.3, 0.4) is 0 Å². The van der Waals surface area contributed by atoms with Gasteiger partial charge >= 0.3 is 5.97 Å². The Morgan fingerprint density at radius 2 is 2.00 bits per heavy atom. The normalized spacial score (nSPS) is 13.1. The van der Waals surface area contributed by atoms with Gasteiger partial charge in [-0.05, 0) is 43.5 Å². The summed E-state index contributed by atoms with van der Waals surface area (Å²) in [7, 11) is 0. The summed E-state index contributed by atoms with van der Waals surface area (Å²) < 4.78 is 10.1. The van der Waals surface area contributed by atoms with Crippen molar-refractivity contribution >= 4 is 5.97 Å². The zero-order chi connectivity index (χ0) is 17.1. The van der Waals surface area contributed by atoms with Gasteiger partial charge in [-0.15, -0.1) is 0 Å². The third-order valence-corrected chi connectivity index (χ3v) is 3.00. The van der Waals surface area contributed by atoms with Gasteiger partial charge in [0.2, 0.25) is 0 Å². The molecule has 0 heterocycles. The molecule has 23 heavy (non-hydrogen) atoms. The summed E-state index contributed by atoms with van der Waals surface area (Å²) in [6, 6.07) is 7.08. The van der Waals surface area contributed by atoms with Crippen molar-refractivity contribution in [2.24, 2.45) is 0 Å². The van der Waals surface area contributed by atoms with Gasteiger partial charge in [-0.2, -0.15) is 0 Å². The highest BCUT2D eigenvalue weighted by molar-refractivity contribution is 5.83. The standard InChI is InChI=1S/C18H24O5/c1-3-22-18(21)13-14(2)5-4-6-17(20)15-7-9-16(10-8-15)23-12-11-19/h4-5,7-10,13,17,19-20H,3,6,11-12H2,1-2H3/b5-4+,14-13+/t17-/m0/s1. The molecule has 0 bridgehead atoms. The Labute approximate surface area is 136 Å². The lowest BCUT2D eigenvalue weighted by Crippen LogP contribution is -2.02. The Kier molecular flexibility index (Phi) is 8.72. The van der Waals surface area contributed by atoms with Gasteiger partial charge in [0.05, 0.1) is 19.3 Å². The number of allylic oxidation sites excluding steroid dienone is 2. The summed E-state index contributed by atoms with van der Waals surface area (Å²) in [4.78, 5) is 11.3. The first-order valence-electron chi connectivity index (χ1n) is 7.60. The molecule has 0 radical (unpaired) electrons. The lowest BCUT2D eigenvalue weighted by Gasteiger charge is -2.10. The van der Waals surface area contributed by atoms with Crippen LogP contribution < -0.4 is 4.74 Å². The number of carbonyl (C=O) groups excluding carboxylic acids is 1. The third kappa shape index (κ3) is 7.63. The molecule has 0 aliphatic heterocycles. The van der Waals surface area contributed by atoms with Crippen molar-refractivity contribution in [1.29, 1.82) is 0 Å². The molecule has 1 atom stereocenters. The molecule has 1 rings (SSSR count). The second-order valence-electron chi connectivity index (χ2n) is 4.94. The Balaban J connectivity index is 2.50. The van der Waals surface area contributed by atoms with Gasteiger partial charge in [-0.1, -0.05) is 24.3 Å². The molecule has 0 aliphatic rings. The van der Waals surface area contributed by atoms with Crippen LogP contribution in [-0.4, -0.2) is 36.0 Å². The molecule has 5 nitrogen and oxygen atoms in total. The van der Waals surface area contributed by atoms with Crippen LogP contribution in [0.4, 0.5) is 0 Å². The number of hydrogen-bond donors (Lipinski definition) is 2. The average molecular weight is 320 g/mol. The lowest BCUT2D eigenvalue weighted by molar-refractivity contribution is -0.137. The maximum Gasteiger partial charge on any atom is 0.330 e. The smallest absolute Gasteiger partial charge is 0.330 e. The summed E-state index contributed by atoms with van der Waals surface area (Å²) >= 11 is 0. The second-order valence-corrected chi connectivity index (χ2v) is 4.94. The van der Waals surface area contributed by atoms with Crippen LogP contribution >= 0.6 is 0 Å². The molecule has 2 N–H and O–H groups in total. The van der Waals surface area contributed by atoms with Gasteiger partial charge in [-0.25, -0.2) is 4.79 Å². The van der Waals surface area contributed by atoms with Crippen molar-refractivity contribution in [3.05, 3.63) is 53.6 Å². The first kappa shape index (κ1) is 18.9. The molecule has 0 aromatic heterocycles. The van der Waals surface area contributed by atoms with Gasteiger partial charge in [0.1, 0.15) is 12.4 Å². The Morgan fingerprint density at radius 1 is 1.30 bits per heavy atom. The third-order valence-electron chi connectivity index (χ3n) is 3.00. The number of aliphatic hydroxyl groups excluding tert-OH is 2. The largest absolute Gasteiger partial charge is 0.491 e. The van der Waals surface area contributed by atoms with Crippen LogP contribution in [0.25, 0.3) is 0 Å². The zero-order valence-corrected chi connectivity index (χ0v) is 13.6. The Hall–Kier alpha value is -2.11. The molecule has 0 aliphatic carbocycles. The second kappa shape index (κ2) is 10.6. The van der Waals surface area contributed by atoms with Crippen molar-refractivity contribution in [2.45, 2.75) is 26.4 Å². The molecular formula is C18H24O5. The van der Waals surface area contributed by atoms with Crippen LogP contribution in [0.15, 0.2) is 48.1 Å². The molecule has 0 saturated heterocycles. The van der Waals surface area contributed by atoms with E-state index in [1.165, 1.54) is 6.08 Å². The van der Waals surface area contributed by atoms with Crippen LogP contribution in [0.5, 0.6) is 5.75 Å². The summed E-state index contributed by atoms with van der Waals surface area (Å²) in [5, 5.41) is 18.8. The average Bonchev–Trinajstić information content (AvgIpc) is 2.53. The molecule has 1 aromatic rings. The first-order valence-corrected chi connectivity index (χ1v) is 7.60. The van der Waals surface area contributed by atoms with E-state index in [-0.39, 0.29) is 19.2 Å². The van der Waals surface area contributed by atoms with Gasteiger partial charge in [0.15, 0.2) is 0 Å². The molecule has 1 aromatic carbocycles. The number of esters is 1. The molecule has 0 spiro atoms. The van der Waals surface area contributed by atoms with E-state index in [4.69, 9.17) is 14.6 Å². The summed E-state index contributed by atoms with van der Waals surface area (Å²) in [6.45, 7) is 4.12. The fourth-order valence-electron chi connectivity index (χ4n) is 1.89. The van der Waals surface area contributed by atoms with Crippen LogP contribution in [0.2, 0.25) is 0 Å². The minimum atomic E-state index is -0.631. The highest BCUT2D eigenvalue weighted by atomic mass is 16.5. The van der Waals surface area contributed by atoms with E-state index in [1.54, 1.807) is 44.2 Å². The van der Waals surface area contributed by atoms with E-state index in [1.807, 2.05) is 6.08 Å². The van der Waals surface area contributed by atoms with Crippen molar-refractivity contribution < 1.29 is 24.5 Å². The van der Waals surface area contributed by atoms with Gasteiger partial charge in [0.25, 0.3) is 0 Å². The van der Waals surface area contributed by atoms with Crippen LogP contribution in [-0.2, 0) is 9.53 Å². The number of benzene rings is 1. The highest BCUT2D eigenvalue weighted by Gasteiger charge is 2.05. The fraction of sp³-hybridized carbons (Fsp3) is 0.389. The van der Waals surface area contributed by atoms with E-state index in [2.05, 4.69) is 0 Å². The van der Waals surface area contributed by atoms with Gasteiger partial charge < -0.3 is 19.7 Å². The quantitative estimate of drug-likeness (QED) is 0.415. The predicted octanol–water partition coefficient (Wildman–Crippen LogP) is 2.55. The van der Waals surface area contributed by atoms with Crippen molar-refractivity contribution in [2.75, 3.05) is 19.8 Å². The number of rotatable bonds is 9. The van der Waals surface area contributed by atoms with Crippen LogP contribution in [0, 0.1) is 0 Å². The molecule has 0 amide bonds. The van der Waals surface area contributed by atoms with Crippen molar-refractivity contribution in [3.63, 3.8) is 0 Å². The number of ether oxygens (including phenoxy) is 2. The van der Waals surface area contributed by atoms with Crippen molar-refractivity contribution in [1.82, 2.24) is 0 Å². The summed E-state index contributed by atoms with van der Waals surface area (Å²) in [5.74, 6) is 0.285. The molecule has 126 valence electrons. The van der Waals surface area contributed by atoms with Crippen molar-refractivity contribution in [3.8, 4) is 5.75 Å². The topological polar surface area (TPSA) is 76.0 Å². The Morgan fingerprint density at radius 3 is 2.61 bits per heavy atom. The number of hydrogen-bond acceptors (Lipinski definition) is 5. The first-order chi connectivity index (χ1) is 11.1. The molecule has 0 fully saturated rings. The number of carbonyl (C=O) groups is 1. The van der Waals surface area contributed by atoms with Gasteiger partial charge in [-0.3, -0.25) is 0 Å². The van der Waals surface area contributed by atoms with Gasteiger partial charge in [0, 0.05) is 6.08 Å². The minimum Gasteiger partial charge on any atom is -0.491 e. The summed E-state index contributed by atoms with van der Waals surface area (Å²) in [6.07, 6.45) is 4.81. The molecular weight excluding hydrogens is 296 g/mol. The van der Waals surface area contributed by atoms with E-state index in [0.29, 0.717) is 18.8 Å². The fourth-order valence-corrected chi connectivity index (χ4v) is 1.89. The van der Waals surface area contributed by atoms with E-state index < -0.39 is 6.10 Å². The zero-order valence-electron chi connectivity index (χ0n) is 13.6. The van der Waals surface area contributed by atoms with E-state index in [0.717, 1.165) is 11.1 Å². The van der Waals surface area contributed by atoms with E-state index in [9.17, 15) is 9.90 Å². The maximum atomic E-state index is 11.3. The molecule has 5 heteroatoms. The number of aliphatic hydroxyl groups is 2. The lowest BCUT2D eigenvalue weighted by atomic mass is 10.1. The molecule has 0 saturated carbocycles.